The number of aryl methyl sites for hydroxylation is 2. The molecule has 162 valence electrons. The van der Waals surface area contributed by atoms with Gasteiger partial charge in [-0.3, -0.25) is 14.2 Å². The van der Waals surface area contributed by atoms with E-state index < -0.39 is 0 Å². The Kier molecular flexibility index (Phi) is 6.66. The summed E-state index contributed by atoms with van der Waals surface area (Å²) < 4.78 is 8.22. The minimum Gasteiger partial charge on any atom is -0.487 e. The average molecular weight is 492 g/mol. The number of hydrogen-bond acceptors (Lipinski definition) is 4. The van der Waals surface area contributed by atoms with Gasteiger partial charge in [-0.15, -0.1) is 0 Å². The Morgan fingerprint density at radius 2 is 1.91 bits per heavy atom. The number of carbonyl (C=O) groups is 1. The molecule has 0 aliphatic rings. The molecule has 0 unspecified atom stereocenters. The lowest BCUT2D eigenvalue weighted by Crippen LogP contribution is -2.23. The van der Waals surface area contributed by atoms with Gasteiger partial charge < -0.3 is 10.1 Å². The Balaban J connectivity index is 1.44. The van der Waals surface area contributed by atoms with Gasteiger partial charge in [0.15, 0.2) is 0 Å². The maximum Gasteiger partial charge on any atom is 0.261 e. The van der Waals surface area contributed by atoms with E-state index in [-0.39, 0.29) is 24.4 Å². The molecule has 4 rings (SSSR count). The van der Waals surface area contributed by atoms with E-state index in [2.05, 4.69) is 26.2 Å². The van der Waals surface area contributed by atoms with Gasteiger partial charge in [0, 0.05) is 17.4 Å². The van der Waals surface area contributed by atoms with Crippen molar-refractivity contribution in [1.29, 1.82) is 0 Å². The van der Waals surface area contributed by atoms with Crippen molar-refractivity contribution in [2.24, 2.45) is 0 Å². The van der Waals surface area contributed by atoms with Crippen LogP contribution in [0, 0.1) is 6.92 Å². The normalized spacial score (nSPS) is 10.8. The van der Waals surface area contributed by atoms with Crippen LogP contribution >= 0.6 is 15.9 Å². The van der Waals surface area contributed by atoms with Gasteiger partial charge >= 0.3 is 0 Å². The number of nitrogens with one attached hydrogen (secondary N) is 1. The highest BCUT2D eigenvalue weighted by Gasteiger charge is 2.11. The minimum atomic E-state index is -0.209. The number of nitrogens with zero attached hydrogens (tertiary/aromatic N) is 2. The van der Waals surface area contributed by atoms with Crippen molar-refractivity contribution in [3.05, 3.63) is 99.0 Å². The first-order chi connectivity index (χ1) is 15.5. The molecule has 0 bridgehead atoms. The third-order valence-corrected chi connectivity index (χ3v) is 5.51. The van der Waals surface area contributed by atoms with Crippen molar-refractivity contribution in [3.8, 4) is 5.75 Å². The van der Waals surface area contributed by atoms with E-state index >= 15 is 0 Å². The monoisotopic (exact) mass is 491 g/mol. The molecule has 0 radical (unpaired) electrons. The fraction of sp³-hybridized carbons (Fsp3) is 0.160. The first-order valence-electron chi connectivity index (χ1n) is 10.2. The first kappa shape index (κ1) is 21.8. The summed E-state index contributed by atoms with van der Waals surface area (Å²) in [6, 6.07) is 20.9. The Morgan fingerprint density at radius 3 is 2.72 bits per heavy atom. The van der Waals surface area contributed by atoms with Crippen LogP contribution in [0.3, 0.4) is 0 Å². The second-order valence-electron chi connectivity index (χ2n) is 7.48. The van der Waals surface area contributed by atoms with Crippen LogP contribution in [0.4, 0.5) is 5.69 Å². The Morgan fingerprint density at radius 1 is 1.09 bits per heavy atom. The third-order valence-electron chi connectivity index (χ3n) is 5.01. The van der Waals surface area contributed by atoms with E-state index in [1.54, 1.807) is 12.1 Å². The molecule has 7 heteroatoms. The molecule has 0 fully saturated rings. The van der Waals surface area contributed by atoms with Crippen LogP contribution in [0.2, 0.25) is 0 Å². The lowest BCUT2D eigenvalue weighted by Gasteiger charge is -2.14. The molecule has 0 saturated carbocycles. The van der Waals surface area contributed by atoms with Gasteiger partial charge in [-0.2, -0.15) is 0 Å². The quantitative estimate of drug-likeness (QED) is 0.391. The number of rotatable bonds is 7. The number of ether oxygens (including phenoxy) is 1. The van der Waals surface area contributed by atoms with Crippen LogP contribution in [0.5, 0.6) is 5.75 Å². The van der Waals surface area contributed by atoms with Crippen molar-refractivity contribution in [2.45, 2.75) is 26.5 Å². The minimum absolute atomic E-state index is 0.132. The van der Waals surface area contributed by atoms with Gasteiger partial charge in [0.05, 0.1) is 22.9 Å². The first-order valence-corrected chi connectivity index (χ1v) is 11.0. The number of carbonyl (C=O) groups excluding carboxylic acids is 1. The van der Waals surface area contributed by atoms with Gasteiger partial charge in [0.1, 0.15) is 12.4 Å². The van der Waals surface area contributed by atoms with E-state index in [0.29, 0.717) is 28.9 Å². The van der Waals surface area contributed by atoms with Gasteiger partial charge in [-0.05, 0) is 48.4 Å². The molecular formula is C25H22BrN3O3. The van der Waals surface area contributed by atoms with Crippen LogP contribution in [0.25, 0.3) is 10.9 Å². The molecule has 0 aliphatic heterocycles. The fourth-order valence-electron chi connectivity index (χ4n) is 3.31. The van der Waals surface area contributed by atoms with E-state index in [0.717, 1.165) is 15.6 Å². The summed E-state index contributed by atoms with van der Waals surface area (Å²) in [4.78, 5) is 29.6. The molecule has 0 aliphatic carbocycles. The van der Waals surface area contributed by atoms with Crippen molar-refractivity contribution in [1.82, 2.24) is 9.55 Å². The number of aromatic nitrogens is 2. The van der Waals surface area contributed by atoms with Gasteiger partial charge in [-0.25, -0.2) is 4.98 Å². The van der Waals surface area contributed by atoms with Crippen molar-refractivity contribution in [3.63, 3.8) is 0 Å². The smallest absolute Gasteiger partial charge is 0.261 e. The number of fused-ring (bicyclic) bond motifs is 1. The highest BCUT2D eigenvalue weighted by molar-refractivity contribution is 9.10. The van der Waals surface area contributed by atoms with E-state index in [1.807, 2.05) is 61.5 Å². The largest absolute Gasteiger partial charge is 0.487 e. The zero-order chi connectivity index (χ0) is 22.5. The average Bonchev–Trinajstić information content (AvgIpc) is 2.80. The van der Waals surface area contributed by atoms with Gasteiger partial charge in [-0.1, -0.05) is 52.3 Å². The molecule has 1 N–H and O–H groups in total. The van der Waals surface area contributed by atoms with E-state index in [9.17, 15) is 9.59 Å². The van der Waals surface area contributed by atoms with Crippen LogP contribution in [0.15, 0.2) is 82.3 Å². The van der Waals surface area contributed by atoms with Crippen LogP contribution in [-0.4, -0.2) is 15.5 Å². The van der Waals surface area contributed by atoms with Crippen LogP contribution in [0.1, 0.15) is 17.5 Å². The van der Waals surface area contributed by atoms with Crippen LogP contribution < -0.4 is 15.6 Å². The van der Waals surface area contributed by atoms with E-state index in [4.69, 9.17) is 4.74 Å². The second kappa shape index (κ2) is 9.78. The summed E-state index contributed by atoms with van der Waals surface area (Å²) in [6.45, 7) is 2.60. The molecule has 4 aromatic rings. The summed E-state index contributed by atoms with van der Waals surface area (Å²) >= 11 is 3.38. The summed E-state index contributed by atoms with van der Waals surface area (Å²) in [5.41, 5.74) is 3.13. The number of amides is 1. The molecule has 0 saturated heterocycles. The third kappa shape index (κ3) is 5.23. The Bertz CT molecular complexity index is 1320. The molecule has 1 aromatic heterocycles. The number of halogens is 1. The molecule has 1 amide bonds. The predicted octanol–water partition coefficient (Wildman–Crippen LogP) is 5.08. The Labute approximate surface area is 194 Å². The summed E-state index contributed by atoms with van der Waals surface area (Å²) in [6.07, 6.45) is 1.61. The number of anilines is 1. The van der Waals surface area contributed by atoms with E-state index in [1.165, 1.54) is 10.9 Å². The van der Waals surface area contributed by atoms with Crippen molar-refractivity contribution in [2.75, 3.05) is 5.32 Å². The summed E-state index contributed by atoms with van der Waals surface area (Å²) in [5.74, 6) is 0.399. The van der Waals surface area contributed by atoms with Gasteiger partial charge in [0.25, 0.3) is 5.56 Å². The van der Waals surface area contributed by atoms with Crippen LogP contribution in [-0.2, 0) is 17.9 Å². The SMILES string of the molecule is Cc1ccc(NC(=O)CCn2cnc3ccc(Br)cc3c2=O)c(OCc2ccccc2)c1. The molecule has 3 aromatic carbocycles. The second-order valence-corrected chi connectivity index (χ2v) is 8.39. The predicted molar refractivity (Wildman–Crippen MR) is 129 cm³/mol. The highest BCUT2D eigenvalue weighted by Crippen LogP contribution is 2.27. The number of hydrogen-bond donors (Lipinski definition) is 1. The summed E-state index contributed by atoms with van der Waals surface area (Å²) in [7, 11) is 0. The lowest BCUT2D eigenvalue weighted by atomic mass is 10.2. The molecule has 6 nitrogen and oxygen atoms in total. The topological polar surface area (TPSA) is 73.2 Å². The lowest BCUT2D eigenvalue weighted by molar-refractivity contribution is -0.116. The Hall–Kier alpha value is -3.45. The maximum absolute atomic E-state index is 12.7. The zero-order valence-electron chi connectivity index (χ0n) is 17.5. The fourth-order valence-corrected chi connectivity index (χ4v) is 3.67. The molecule has 32 heavy (non-hydrogen) atoms. The molecule has 1 heterocycles. The van der Waals surface area contributed by atoms with Crippen molar-refractivity contribution < 1.29 is 9.53 Å². The molecule has 0 atom stereocenters. The highest BCUT2D eigenvalue weighted by atomic mass is 79.9. The van der Waals surface area contributed by atoms with Crippen molar-refractivity contribution >= 4 is 38.4 Å². The molecular weight excluding hydrogens is 470 g/mol. The standard InChI is InChI=1S/C25H22BrN3O3/c1-17-7-9-22(23(13-17)32-15-18-5-3-2-4-6-18)28-24(30)11-12-29-16-27-21-10-8-19(26)14-20(21)25(29)31/h2-10,13-14,16H,11-12,15H2,1H3,(H,28,30). The zero-order valence-corrected chi connectivity index (χ0v) is 19.1. The van der Waals surface area contributed by atoms with Gasteiger partial charge in [0.2, 0.25) is 5.91 Å². The maximum atomic E-state index is 12.7. The number of benzene rings is 3. The molecule has 0 spiro atoms. The summed E-state index contributed by atoms with van der Waals surface area (Å²) in [5, 5.41) is 3.41.